The maximum atomic E-state index is 5.78. The molecular formula is C13H21NO. The third kappa shape index (κ3) is 3.92. The van der Waals surface area contributed by atoms with Gasteiger partial charge in [0.05, 0.1) is 6.10 Å². The summed E-state index contributed by atoms with van der Waals surface area (Å²) in [7, 11) is 0. The molecule has 0 radical (unpaired) electrons. The van der Waals surface area contributed by atoms with Crippen LogP contribution < -0.4 is 10.1 Å². The van der Waals surface area contributed by atoms with E-state index in [-0.39, 0.29) is 6.10 Å². The van der Waals surface area contributed by atoms with Gasteiger partial charge in [0.1, 0.15) is 5.75 Å². The summed E-state index contributed by atoms with van der Waals surface area (Å²) in [4.78, 5) is 0. The Balaban J connectivity index is 2.82. The van der Waals surface area contributed by atoms with Crippen molar-refractivity contribution >= 4 is 0 Å². The first-order valence-electron chi connectivity index (χ1n) is 5.60. The number of aryl methyl sites for hydroxylation is 1. The second kappa shape index (κ2) is 5.76. The molecule has 15 heavy (non-hydrogen) atoms. The lowest BCUT2D eigenvalue weighted by Gasteiger charge is -2.15. The maximum Gasteiger partial charge on any atom is 0.124 e. The van der Waals surface area contributed by atoms with Crippen molar-refractivity contribution < 1.29 is 4.74 Å². The highest BCUT2D eigenvalue weighted by molar-refractivity contribution is 5.37. The van der Waals surface area contributed by atoms with Gasteiger partial charge in [-0.15, -0.1) is 0 Å². The van der Waals surface area contributed by atoms with Crippen molar-refractivity contribution in [3.63, 3.8) is 0 Å². The summed E-state index contributed by atoms with van der Waals surface area (Å²) in [6.07, 6.45) is 0.229. The third-order valence-corrected chi connectivity index (χ3v) is 2.15. The highest BCUT2D eigenvalue weighted by Crippen LogP contribution is 2.21. The van der Waals surface area contributed by atoms with E-state index in [0.717, 1.165) is 18.8 Å². The molecule has 1 rings (SSSR count). The molecule has 1 aromatic carbocycles. The average molecular weight is 207 g/mol. The number of ether oxygens (including phenoxy) is 1. The lowest BCUT2D eigenvalue weighted by molar-refractivity contribution is 0.239. The van der Waals surface area contributed by atoms with Crippen molar-refractivity contribution in [2.45, 2.75) is 40.3 Å². The van der Waals surface area contributed by atoms with Gasteiger partial charge < -0.3 is 10.1 Å². The zero-order valence-corrected chi connectivity index (χ0v) is 10.1. The van der Waals surface area contributed by atoms with Crippen LogP contribution in [0.1, 0.15) is 31.9 Å². The molecule has 84 valence electrons. The summed E-state index contributed by atoms with van der Waals surface area (Å²) < 4.78 is 5.78. The minimum Gasteiger partial charge on any atom is -0.491 e. The van der Waals surface area contributed by atoms with E-state index in [9.17, 15) is 0 Å². The molecule has 0 amide bonds. The first-order chi connectivity index (χ1) is 7.13. The summed E-state index contributed by atoms with van der Waals surface area (Å²) in [6, 6.07) is 6.36. The fourth-order valence-electron chi connectivity index (χ4n) is 1.43. The van der Waals surface area contributed by atoms with Crippen LogP contribution in [0.3, 0.4) is 0 Å². The van der Waals surface area contributed by atoms with Crippen molar-refractivity contribution in [3.05, 3.63) is 29.3 Å². The molecule has 0 aliphatic carbocycles. The highest BCUT2D eigenvalue weighted by Gasteiger charge is 2.05. The molecule has 0 aliphatic rings. The molecule has 0 fully saturated rings. The molecule has 0 atom stereocenters. The van der Waals surface area contributed by atoms with E-state index < -0.39 is 0 Å². The molecule has 1 aromatic rings. The van der Waals surface area contributed by atoms with Gasteiger partial charge in [0.15, 0.2) is 0 Å². The third-order valence-electron chi connectivity index (χ3n) is 2.15. The molecule has 0 aromatic heterocycles. The minimum absolute atomic E-state index is 0.229. The number of nitrogens with one attached hydrogen (secondary N) is 1. The molecule has 0 spiro atoms. The second-order valence-electron chi connectivity index (χ2n) is 4.06. The zero-order chi connectivity index (χ0) is 11.3. The van der Waals surface area contributed by atoms with Crippen LogP contribution in [-0.4, -0.2) is 12.6 Å². The summed E-state index contributed by atoms with van der Waals surface area (Å²) >= 11 is 0. The average Bonchev–Trinajstić information content (AvgIpc) is 2.16. The SMILES string of the molecule is CCNCc1ccc(C)cc1OC(C)C. The molecule has 2 heteroatoms. The normalized spacial score (nSPS) is 10.7. The van der Waals surface area contributed by atoms with Crippen LogP contribution in [0, 0.1) is 6.92 Å². The minimum atomic E-state index is 0.229. The molecule has 1 N–H and O–H groups in total. The summed E-state index contributed by atoms with van der Waals surface area (Å²) in [5.74, 6) is 1.01. The number of hydrogen-bond acceptors (Lipinski definition) is 2. The van der Waals surface area contributed by atoms with Crippen LogP contribution in [0.25, 0.3) is 0 Å². The van der Waals surface area contributed by atoms with E-state index in [4.69, 9.17) is 4.74 Å². The molecular weight excluding hydrogens is 186 g/mol. The monoisotopic (exact) mass is 207 g/mol. The first kappa shape index (κ1) is 12.1. The van der Waals surface area contributed by atoms with Gasteiger partial charge in [0.25, 0.3) is 0 Å². The Labute approximate surface area is 92.6 Å². The summed E-state index contributed by atoms with van der Waals surface area (Å²) in [5.41, 5.74) is 2.47. The van der Waals surface area contributed by atoms with E-state index in [1.165, 1.54) is 11.1 Å². The Morgan fingerprint density at radius 3 is 2.67 bits per heavy atom. The Morgan fingerprint density at radius 2 is 2.07 bits per heavy atom. The molecule has 0 heterocycles. The van der Waals surface area contributed by atoms with Gasteiger partial charge in [-0.2, -0.15) is 0 Å². The smallest absolute Gasteiger partial charge is 0.124 e. The molecule has 0 aliphatic heterocycles. The van der Waals surface area contributed by atoms with Crippen LogP contribution in [0.15, 0.2) is 18.2 Å². The van der Waals surface area contributed by atoms with E-state index >= 15 is 0 Å². The lowest BCUT2D eigenvalue weighted by Crippen LogP contribution is -2.14. The van der Waals surface area contributed by atoms with Gasteiger partial charge in [-0.25, -0.2) is 0 Å². The first-order valence-corrected chi connectivity index (χ1v) is 5.60. The van der Waals surface area contributed by atoms with Crippen molar-refractivity contribution in [1.29, 1.82) is 0 Å². The number of rotatable bonds is 5. The Morgan fingerprint density at radius 1 is 1.33 bits per heavy atom. The number of benzene rings is 1. The Hall–Kier alpha value is -1.02. The Bertz CT molecular complexity index is 307. The predicted octanol–water partition coefficient (Wildman–Crippen LogP) is 2.89. The number of hydrogen-bond donors (Lipinski definition) is 1. The van der Waals surface area contributed by atoms with Crippen molar-refractivity contribution in [2.24, 2.45) is 0 Å². The van der Waals surface area contributed by atoms with Crippen molar-refractivity contribution in [3.8, 4) is 5.75 Å². The molecule has 0 bridgehead atoms. The summed E-state index contributed by atoms with van der Waals surface area (Å²) in [5, 5.41) is 3.32. The fraction of sp³-hybridized carbons (Fsp3) is 0.538. The van der Waals surface area contributed by atoms with E-state index in [0.29, 0.717) is 0 Å². The highest BCUT2D eigenvalue weighted by atomic mass is 16.5. The van der Waals surface area contributed by atoms with Gasteiger partial charge in [0.2, 0.25) is 0 Å². The topological polar surface area (TPSA) is 21.3 Å². The van der Waals surface area contributed by atoms with Gasteiger partial charge in [0, 0.05) is 12.1 Å². The van der Waals surface area contributed by atoms with Gasteiger partial charge in [-0.05, 0) is 38.9 Å². The second-order valence-corrected chi connectivity index (χ2v) is 4.06. The van der Waals surface area contributed by atoms with Crippen LogP contribution in [0.2, 0.25) is 0 Å². The van der Waals surface area contributed by atoms with Crippen LogP contribution >= 0.6 is 0 Å². The Kier molecular flexibility index (Phi) is 4.63. The van der Waals surface area contributed by atoms with Crippen molar-refractivity contribution in [2.75, 3.05) is 6.54 Å². The maximum absolute atomic E-state index is 5.78. The summed E-state index contributed by atoms with van der Waals surface area (Å²) in [6.45, 7) is 10.2. The van der Waals surface area contributed by atoms with Crippen molar-refractivity contribution in [1.82, 2.24) is 5.32 Å². The van der Waals surface area contributed by atoms with Crippen LogP contribution in [0.4, 0.5) is 0 Å². The van der Waals surface area contributed by atoms with Gasteiger partial charge in [-0.3, -0.25) is 0 Å². The molecule has 0 saturated carbocycles. The molecule has 0 unspecified atom stereocenters. The van der Waals surface area contributed by atoms with Gasteiger partial charge >= 0.3 is 0 Å². The van der Waals surface area contributed by atoms with E-state index in [2.05, 4.69) is 51.2 Å². The molecule has 2 nitrogen and oxygen atoms in total. The van der Waals surface area contributed by atoms with E-state index in [1.807, 2.05) is 0 Å². The van der Waals surface area contributed by atoms with Crippen LogP contribution in [-0.2, 0) is 6.54 Å². The standard InChI is InChI=1S/C13H21NO/c1-5-14-9-12-7-6-11(4)8-13(12)15-10(2)3/h6-8,10,14H,5,9H2,1-4H3. The zero-order valence-electron chi connectivity index (χ0n) is 10.1. The fourth-order valence-corrected chi connectivity index (χ4v) is 1.43. The van der Waals surface area contributed by atoms with Gasteiger partial charge in [-0.1, -0.05) is 19.1 Å². The van der Waals surface area contributed by atoms with E-state index in [1.54, 1.807) is 0 Å². The largest absolute Gasteiger partial charge is 0.491 e. The van der Waals surface area contributed by atoms with Crippen LogP contribution in [0.5, 0.6) is 5.75 Å². The quantitative estimate of drug-likeness (QED) is 0.801. The molecule has 0 saturated heterocycles. The lowest BCUT2D eigenvalue weighted by atomic mass is 10.1. The predicted molar refractivity (Wildman–Crippen MR) is 64.3 cm³/mol.